The van der Waals surface area contributed by atoms with Gasteiger partial charge in [0, 0.05) is 12.3 Å². The van der Waals surface area contributed by atoms with Gasteiger partial charge in [-0.3, -0.25) is 4.98 Å². The van der Waals surface area contributed by atoms with E-state index < -0.39 is 7.32 Å². The van der Waals surface area contributed by atoms with Crippen molar-refractivity contribution in [2.24, 2.45) is 0 Å². The summed E-state index contributed by atoms with van der Waals surface area (Å²) in [6, 6.07) is 3.69. The van der Waals surface area contributed by atoms with Crippen molar-refractivity contribution in [2.45, 2.75) is 19.8 Å². The summed E-state index contributed by atoms with van der Waals surface area (Å²) < 4.78 is 5.86. The third-order valence-corrected chi connectivity index (χ3v) is 3.33. The molecule has 0 spiro atoms. The Hall–Kier alpha value is -1.11. The van der Waals surface area contributed by atoms with E-state index in [0.717, 1.165) is 10.2 Å². The molecular formula is C10H12BNO3S. The second-order valence-corrected chi connectivity index (χ2v) is 4.79. The molecule has 0 amide bonds. The van der Waals surface area contributed by atoms with Crippen LogP contribution in [0.1, 0.15) is 25.3 Å². The van der Waals surface area contributed by atoms with Crippen LogP contribution in [0.25, 0.3) is 10.2 Å². The highest BCUT2D eigenvalue weighted by atomic mass is 32.1. The van der Waals surface area contributed by atoms with Gasteiger partial charge in [-0.1, -0.05) is 25.2 Å². The van der Waals surface area contributed by atoms with E-state index in [2.05, 4.69) is 18.8 Å². The van der Waals surface area contributed by atoms with E-state index in [1.165, 1.54) is 16.9 Å². The molecule has 4 nitrogen and oxygen atoms in total. The molecular weight excluding hydrogens is 225 g/mol. The van der Waals surface area contributed by atoms with Gasteiger partial charge in [0.1, 0.15) is 0 Å². The lowest BCUT2D eigenvalue weighted by molar-refractivity contribution is 0.292. The Labute approximate surface area is 97.7 Å². The highest BCUT2D eigenvalue weighted by molar-refractivity contribution is 7.21. The van der Waals surface area contributed by atoms with E-state index in [0.29, 0.717) is 11.0 Å². The largest absolute Gasteiger partial charge is 0.708 e. The number of hydrogen-bond acceptors (Lipinski definition) is 5. The molecule has 2 rings (SSSR count). The Bertz CT molecular complexity index is 498. The molecule has 2 heterocycles. The summed E-state index contributed by atoms with van der Waals surface area (Å²) in [6.45, 7) is 4.21. The van der Waals surface area contributed by atoms with Crippen LogP contribution in [0.2, 0.25) is 0 Å². The predicted octanol–water partition coefficient (Wildman–Crippen LogP) is 1.77. The summed E-state index contributed by atoms with van der Waals surface area (Å²) in [4.78, 5) is 4.22. The van der Waals surface area contributed by atoms with E-state index in [4.69, 9.17) is 14.7 Å². The molecule has 0 bridgehead atoms. The second kappa shape index (κ2) is 4.41. The van der Waals surface area contributed by atoms with Crippen molar-refractivity contribution in [2.75, 3.05) is 0 Å². The van der Waals surface area contributed by atoms with Crippen LogP contribution < -0.4 is 4.65 Å². The molecule has 2 aromatic heterocycles. The minimum absolute atomic E-state index is 0.399. The van der Waals surface area contributed by atoms with E-state index in [1.54, 1.807) is 12.3 Å². The third-order valence-electron chi connectivity index (χ3n) is 2.26. The molecule has 84 valence electrons. The zero-order valence-corrected chi connectivity index (χ0v) is 9.86. The molecule has 0 aromatic carbocycles. The van der Waals surface area contributed by atoms with E-state index >= 15 is 0 Å². The summed E-state index contributed by atoms with van der Waals surface area (Å²) in [6.07, 6.45) is 1.75. The number of aromatic nitrogens is 1. The second-order valence-electron chi connectivity index (χ2n) is 3.78. The van der Waals surface area contributed by atoms with Gasteiger partial charge in [-0.2, -0.15) is 0 Å². The fourth-order valence-electron chi connectivity index (χ4n) is 1.55. The van der Waals surface area contributed by atoms with Crippen molar-refractivity contribution in [1.82, 2.24) is 4.98 Å². The molecule has 0 aliphatic carbocycles. The molecule has 0 fully saturated rings. The first-order valence-electron chi connectivity index (χ1n) is 4.99. The van der Waals surface area contributed by atoms with Gasteiger partial charge in [-0.05, 0) is 17.5 Å². The lowest BCUT2D eigenvalue weighted by Gasteiger charge is -2.04. The SMILES string of the molecule is CC(C)c1ccnc2cc(OB(O)O)sc12. The molecule has 0 radical (unpaired) electrons. The van der Waals surface area contributed by atoms with Crippen molar-refractivity contribution in [3.8, 4) is 5.06 Å². The maximum Gasteiger partial charge on any atom is 0.708 e. The standard InChI is InChI=1S/C10H12BNO3S/c1-6(2)7-3-4-12-8-5-9(15-11(13)14)16-10(7)8/h3-6,13-14H,1-2H3. The fourth-order valence-corrected chi connectivity index (χ4v) is 2.70. The number of rotatable bonds is 3. The number of fused-ring (bicyclic) bond motifs is 1. The molecule has 2 N–H and O–H groups in total. The first-order chi connectivity index (χ1) is 7.58. The van der Waals surface area contributed by atoms with E-state index in [-0.39, 0.29) is 0 Å². The molecule has 0 saturated carbocycles. The minimum atomic E-state index is -1.78. The summed E-state index contributed by atoms with van der Waals surface area (Å²) in [5.74, 6) is 0.399. The van der Waals surface area contributed by atoms with Crippen LogP contribution in [0.5, 0.6) is 5.06 Å². The predicted molar refractivity (Wildman–Crippen MR) is 64.5 cm³/mol. The van der Waals surface area contributed by atoms with Crippen LogP contribution >= 0.6 is 11.3 Å². The van der Waals surface area contributed by atoms with Crippen LogP contribution in [-0.4, -0.2) is 22.4 Å². The smallest absolute Gasteiger partial charge is 0.504 e. The van der Waals surface area contributed by atoms with Crippen LogP contribution in [0.3, 0.4) is 0 Å². The number of pyridine rings is 1. The van der Waals surface area contributed by atoms with Gasteiger partial charge in [0.2, 0.25) is 0 Å². The first kappa shape index (κ1) is 11.4. The Morgan fingerprint density at radius 2 is 2.19 bits per heavy atom. The zero-order valence-electron chi connectivity index (χ0n) is 9.04. The average molecular weight is 237 g/mol. The Kier molecular flexibility index (Phi) is 3.14. The van der Waals surface area contributed by atoms with Gasteiger partial charge in [-0.15, -0.1) is 0 Å². The number of hydrogen-bond donors (Lipinski definition) is 2. The van der Waals surface area contributed by atoms with Crippen LogP contribution in [0.15, 0.2) is 18.3 Å². The zero-order chi connectivity index (χ0) is 11.7. The van der Waals surface area contributed by atoms with E-state index in [1.807, 2.05) is 6.07 Å². The maximum absolute atomic E-state index is 8.73. The third kappa shape index (κ3) is 2.19. The van der Waals surface area contributed by atoms with E-state index in [9.17, 15) is 0 Å². The lowest BCUT2D eigenvalue weighted by atomic mass is 10.0. The highest BCUT2D eigenvalue weighted by Gasteiger charge is 2.15. The topological polar surface area (TPSA) is 62.6 Å². The molecule has 6 heteroatoms. The van der Waals surface area contributed by atoms with Gasteiger partial charge in [0.25, 0.3) is 0 Å². The van der Waals surface area contributed by atoms with Crippen molar-refractivity contribution in [1.29, 1.82) is 0 Å². The molecule has 16 heavy (non-hydrogen) atoms. The summed E-state index contributed by atoms with van der Waals surface area (Å²) in [5.41, 5.74) is 2.02. The van der Waals surface area contributed by atoms with Gasteiger partial charge < -0.3 is 14.7 Å². The van der Waals surface area contributed by atoms with Crippen molar-refractivity contribution >= 4 is 28.9 Å². The molecule has 0 saturated heterocycles. The number of nitrogens with zero attached hydrogens (tertiary/aromatic N) is 1. The minimum Gasteiger partial charge on any atom is -0.504 e. The average Bonchev–Trinajstić information content (AvgIpc) is 2.57. The summed E-state index contributed by atoms with van der Waals surface area (Å²) in [7, 11) is -1.78. The fraction of sp³-hybridized carbons (Fsp3) is 0.300. The highest BCUT2D eigenvalue weighted by Crippen LogP contribution is 2.35. The molecule has 0 aliphatic heterocycles. The first-order valence-corrected chi connectivity index (χ1v) is 5.81. The molecule has 0 aliphatic rings. The summed E-state index contributed by atoms with van der Waals surface area (Å²) in [5, 5.41) is 17.9. The normalized spacial score (nSPS) is 11.1. The summed E-state index contributed by atoms with van der Waals surface area (Å²) >= 11 is 1.38. The van der Waals surface area contributed by atoms with Crippen molar-refractivity contribution in [3.05, 3.63) is 23.9 Å². The molecule has 2 aromatic rings. The van der Waals surface area contributed by atoms with Gasteiger partial charge in [0.05, 0.1) is 10.2 Å². The maximum atomic E-state index is 8.73. The van der Waals surface area contributed by atoms with Crippen LogP contribution in [0.4, 0.5) is 0 Å². The van der Waals surface area contributed by atoms with Gasteiger partial charge in [-0.25, -0.2) is 0 Å². The van der Waals surface area contributed by atoms with Gasteiger partial charge in [0.15, 0.2) is 5.06 Å². The van der Waals surface area contributed by atoms with Gasteiger partial charge >= 0.3 is 7.32 Å². The quantitative estimate of drug-likeness (QED) is 0.798. The Morgan fingerprint density at radius 3 is 2.81 bits per heavy atom. The lowest BCUT2D eigenvalue weighted by Crippen LogP contribution is -2.19. The van der Waals surface area contributed by atoms with Crippen molar-refractivity contribution in [3.63, 3.8) is 0 Å². The Morgan fingerprint density at radius 1 is 1.44 bits per heavy atom. The monoisotopic (exact) mass is 237 g/mol. The Balaban J connectivity index is 2.48. The number of thiophene rings is 1. The molecule has 0 unspecified atom stereocenters. The molecule has 0 atom stereocenters. The van der Waals surface area contributed by atoms with Crippen LogP contribution in [0, 0.1) is 0 Å². The van der Waals surface area contributed by atoms with Crippen LogP contribution in [-0.2, 0) is 0 Å². The van der Waals surface area contributed by atoms with Crippen molar-refractivity contribution < 1.29 is 14.7 Å².